The molecule has 3 rings (SSSR count). The van der Waals surface area contributed by atoms with Gasteiger partial charge in [0.05, 0.1) is 7.11 Å². The monoisotopic (exact) mass is 310 g/mol. The summed E-state index contributed by atoms with van der Waals surface area (Å²) in [5.41, 5.74) is 1.05. The zero-order valence-corrected chi connectivity index (χ0v) is 13.3. The average molecular weight is 310 g/mol. The highest BCUT2D eigenvalue weighted by molar-refractivity contribution is 7.89. The molecule has 6 heteroatoms. The molecule has 0 spiro atoms. The van der Waals surface area contributed by atoms with Crippen molar-refractivity contribution < 1.29 is 13.2 Å². The van der Waals surface area contributed by atoms with Crippen LogP contribution in [0.15, 0.2) is 23.1 Å². The van der Waals surface area contributed by atoms with Crippen molar-refractivity contribution in [1.29, 1.82) is 0 Å². The summed E-state index contributed by atoms with van der Waals surface area (Å²) in [5.74, 6) is 0.428. The van der Waals surface area contributed by atoms with Gasteiger partial charge in [-0.25, -0.2) is 8.42 Å². The van der Waals surface area contributed by atoms with E-state index >= 15 is 0 Å². The molecular weight excluding hydrogens is 288 g/mol. The fraction of sp³-hybridized carbons (Fsp3) is 0.600. The van der Waals surface area contributed by atoms with Crippen LogP contribution in [0.25, 0.3) is 0 Å². The SMILES string of the molecule is COc1cc(CNC2CC2)ccc1S(=O)(=O)N(C)C1CC1. The zero-order valence-electron chi connectivity index (χ0n) is 12.5. The van der Waals surface area contributed by atoms with Gasteiger partial charge in [0.25, 0.3) is 0 Å². The molecule has 0 aromatic heterocycles. The Morgan fingerprint density at radius 3 is 2.57 bits per heavy atom. The van der Waals surface area contributed by atoms with Crippen molar-refractivity contribution in [3.63, 3.8) is 0 Å². The number of benzene rings is 1. The molecule has 0 unspecified atom stereocenters. The van der Waals surface area contributed by atoms with Gasteiger partial charge in [0.1, 0.15) is 10.6 Å². The van der Waals surface area contributed by atoms with Crippen molar-refractivity contribution in [1.82, 2.24) is 9.62 Å². The molecule has 2 aliphatic carbocycles. The van der Waals surface area contributed by atoms with Crippen molar-refractivity contribution in [3.8, 4) is 5.75 Å². The number of ether oxygens (including phenoxy) is 1. The second kappa shape index (κ2) is 5.59. The smallest absolute Gasteiger partial charge is 0.246 e. The third-order valence-electron chi connectivity index (χ3n) is 4.12. The number of hydrogen-bond donors (Lipinski definition) is 1. The molecule has 2 fully saturated rings. The molecule has 1 N–H and O–H groups in total. The molecule has 0 atom stereocenters. The van der Waals surface area contributed by atoms with Gasteiger partial charge in [-0.15, -0.1) is 0 Å². The normalized spacial score (nSPS) is 19.0. The maximum Gasteiger partial charge on any atom is 0.246 e. The summed E-state index contributed by atoms with van der Waals surface area (Å²) in [6, 6.07) is 6.13. The maximum absolute atomic E-state index is 12.6. The zero-order chi connectivity index (χ0) is 15.0. The molecule has 0 amide bonds. The molecular formula is C15H22N2O3S. The third kappa shape index (κ3) is 3.22. The number of hydrogen-bond acceptors (Lipinski definition) is 4. The molecule has 0 radical (unpaired) electrons. The van der Waals surface area contributed by atoms with E-state index in [1.54, 1.807) is 13.1 Å². The lowest BCUT2D eigenvalue weighted by molar-refractivity contribution is 0.396. The molecule has 5 nitrogen and oxygen atoms in total. The van der Waals surface area contributed by atoms with Crippen LogP contribution in [-0.4, -0.2) is 39.0 Å². The van der Waals surface area contributed by atoms with Gasteiger partial charge < -0.3 is 10.1 Å². The number of sulfonamides is 1. The fourth-order valence-electron chi connectivity index (χ4n) is 2.37. The predicted octanol–water partition coefficient (Wildman–Crippen LogP) is 1.73. The average Bonchev–Trinajstić information content (AvgIpc) is 3.37. The number of rotatable bonds is 7. The van der Waals surface area contributed by atoms with Crippen LogP contribution in [0.4, 0.5) is 0 Å². The van der Waals surface area contributed by atoms with Gasteiger partial charge in [-0.1, -0.05) is 6.07 Å². The summed E-state index contributed by atoms with van der Waals surface area (Å²) >= 11 is 0. The van der Waals surface area contributed by atoms with Gasteiger partial charge in [-0.2, -0.15) is 4.31 Å². The Labute approximate surface area is 126 Å². The molecule has 1 aromatic rings. The van der Waals surface area contributed by atoms with Crippen LogP contribution in [0.1, 0.15) is 31.2 Å². The minimum atomic E-state index is -3.47. The summed E-state index contributed by atoms with van der Waals surface area (Å²) in [4.78, 5) is 0.259. The molecule has 116 valence electrons. The Balaban J connectivity index is 1.83. The molecule has 1 aromatic carbocycles. The van der Waals surface area contributed by atoms with Crippen molar-refractivity contribution in [3.05, 3.63) is 23.8 Å². The first-order chi connectivity index (χ1) is 10.0. The molecule has 0 bridgehead atoms. The second-order valence-corrected chi connectivity index (χ2v) is 7.86. The molecule has 0 heterocycles. The minimum absolute atomic E-state index is 0.149. The van der Waals surface area contributed by atoms with Gasteiger partial charge in [0, 0.05) is 25.7 Å². The highest BCUT2D eigenvalue weighted by atomic mass is 32.2. The van der Waals surface area contributed by atoms with Gasteiger partial charge in [0.2, 0.25) is 10.0 Å². The highest BCUT2D eigenvalue weighted by Gasteiger charge is 2.36. The van der Waals surface area contributed by atoms with Crippen molar-refractivity contribution in [2.75, 3.05) is 14.2 Å². The number of nitrogens with zero attached hydrogens (tertiary/aromatic N) is 1. The minimum Gasteiger partial charge on any atom is -0.495 e. The Bertz CT molecular complexity index is 622. The van der Waals surface area contributed by atoms with Crippen LogP contribution in [0.2, 0.25) is 0 Å². The Morgan fingerprint density at radius 2 is 2.00 bits per heavy atom. The van der Waals surface area contributed by atoms with Crippen LogP contribution in [-0.2, 0) is 16.6 Å². The van der Waals surface area contributed by atoms with E-state index in [9.17, 15) is 8.42 Å². The Morgan fingerprint density at radius 1 is 1.29 bits per heavy atom. The molecule has 2 saturated carbocycles. The first kappa shape index (κ1) is 14.8. The summed E-state index contributed by atoms with van der Waals surface area (Å²) in [6.07, 6.45) is 4.36. The van der Waals surface area contributed by atoms with E-state index in [-0.39, 0.29) is 10.9 Å². The van der Waals surface area contributed by atoms with Gasteiger partial charge in [-0.3, -0.25) is 0 Å². The molecule has 2 aliphatic rings. The van der Waals surface area contributed by atoms with E-state index in [1.165, 1.54) is 24.3 Å². The van der Waals surface area contributed by atoms with Gasteiger partial charge >= 0.3 is 0 Å². The van der Waals surface area contributed by atoms with Crippen LogP contribution < -0.4 is 10.1 Å². The van der Waals surface area contributed by atoms with Gasteiger partial charge in [-0.05, 0) is 43.4 Å². The van der Waals surface area contributed by atoms with Gasteiger partial charge in [0.15, 0.2) is 0 Å². The van der Waals surface area contributed by atoms with E-state index < -0.39 is 10.0 Å². The highest BCUT2D eigenvalue weighted by Crippen LogP contribution is 2.34. The summed E-state index contributed by atoms with van der Waals surface area (Å²) in [5, 5.41) is 3.42. The van der Waals surface area contributed by atoms with Crippen molar-refractivity contribution in [2.24, 2.45) is 0 Å². The van der Waals surface area contributed by atoms with E-state index in [0.29, 0.717) is 11.8 Å². The van der Waals surface area contributed by atoms with Crippen molar-refractivity contribution >= 4 is 10.0 Å². The number of nitrogens with one attached hydrogen (secondary N) is 1. The standard InChI is InChI=1S/C15H22N2O3S/c1-17(13-6-7-13)21(18,19)15-8-3-11(9-14(15)20-2)10-16-12-4-5-12/h3,8-9,12-13,16H,4-7,10H2,1-2H3. The lowest BCUT2D eigenvalue weighted by Gasteiger charge is -2.19. The first-order valence-corrected chi connectivity index (χ1v) is 8.84. The fourth-order valence-corrected chi connectivity index (χ4v) is 3.92. The molecule has 21 heavy (non-hydrogen) atoms. The first-order valence-electron chi connectivity index (χ1n) is 7.40. The Hall–Kier alpha value is -1.11. The predicted molar refractivity (Wildman–Crippen MR) is 80.8 cm³/mol. The van der Waals surface area contributed by atoms with Crippen LogP contribution in [0.3, 0.4) is 0 Å². The quantitative estimate of drug-likeness (QED) is 0.833. The third-order valence-corrected chi connectivity index (χ3v) is 6.07. The number of methoxy groups -OCH3 is 1. The summed E-state index contributed by atoms with van der Waals surface area (Å²) in [6.45, 7) is 0.750. The van der Waals surface area contributed by atoms with Crippen LogP contribution in [0, 0.1) is 0 Å². The van der Waals surface area contributed by atoms with E-state index in [2.05, 4.69) is 5.32 Å². The Kier molecular flexibility index (Phi) is 3.94. The topological polar surface area (TPSA) is 58.6 Å². The maximum atomic E-state index is 12.6. The van der Waals surface area contributed by atoms with E-state index in [0.717, 1.165) is 24.9 Å². The second-order valence-electron chi connectivity index (χ2n) is 5.89. The van der Waals surface area contributed by atoms with Crippen LogP contribution in [0.5, 0.6) is 5.75 Å². The lowest BCUT2D eigenvalue weighted by atomic mass is 10.2. The largest absolute Gasteiger partial charge is 0.495 e. The van der Waals surface area contributed by atoms with E-state index in [4.69, 9.17) is 4.74 Å². The van der Waals surface area contributed by atoms with Crippen molar-refractivity contribution in [2.45, 2.75) is 49.2 Å². The summed E-state index contributed by atoms with van der Waals surface area (Å²) < 4.78 is 32.0. The van der Waals surface area contributed by atoms with E-state index in [1.807, 2.05) is 12.1 Å². The van der Waals surface area contributed by atoms with Crippen LogP contribution >= 0.6 is 0 Å². The lowest BCUT2D eigenvalue weighted by Crippen LogP contribution is -2.29. The molecule has 0 aliphatic heterocycles. The summed E-state index contributed by atoms with van der Waals surface area (Å²) in [7, 11) is -0.301. The molecule has 0 saturated heterocycles.